The van der Waals surface area contributed by atoms with E-state index in [0.29, 0.717) is 17.2 Å². The number of imidazole rings is 1. The Morgan fingerprint density at radius 3 is 2.71 bits per heavy atom. The van der Waals surface area contributed by atoms with Gasteiger partial charge in [0.25, 0.3) is 0 Å². The third-order valence-electron chi connectivity index (χ3n) is 3.20. The molecule has 0 aliphatic carbocycles. The Balaban J connectivity index is 2.01. The highest BCUT2D eigenvalue weighted by molar-refractivity contribution is 6.07. The zero-order valence-electron chi connectivity index (χ0n) is 11.8. The number of carbonyl (C=O) groups is 1. The van der Waals surface area contributed by atoms with Crippen LogP contribution < -0.4 is 0 Å². The van der Waals surface area contributed by atoms with E-state index in [1.807, 2.05) is 25.1 Å². The molecule has 0 aliphatic heterocycles. The third-order valence-corrected chi connectivity index (χ3v) is 3.20. The first-order valence-corrected chi connectivity index (χ1v) is 6.57. The molecule has 0 radical (unpaired) electrons. The number of aromatic nitrogens is 4. The fourth-order valence-corrected chi connectivity index (χ4v) is 2.10. The Bertz CT molecular complexity index is 807. The lowest BCUT2D eigenvalue weighted by molar-refractivity contribution is 0.102. The number of hydrogen-bond acceptors (Lipinski definition) is 4. The van der Waals surface area contributed by atoms with Crippen LogP contribution >= 0.6 is 0 Å². The molecule has 2 heterocycles. The van der Waals surface area contributed by atoms with Crippen molar-refractivity contribution in [1.29, 1.82) is 0 Å². The highest BCUT2D eigenvalue weighted by Gasteiger charge is 2.14. The molecule has 0 unspecified atom stereocenters. The van der Waals surface area contributed by atoms with Crippen molar-refractivity contribution in [3.8, 4) is 11.4 Å². The van der Waals surface area contributed by atoms with Crippen LogP contribution in [-0.4, -0.2) is 25.3 Å². The first-order chi connectivity index (χ1) is 10.1. The second-order valence-corrected chi connectivity index (χ2v) is 4.79. The zero-order chi connectivity index (χ0) is 14.8. The second-order valence-electron chi connectivity index (χ2n) is 4.79. The smallest absolute Gasteiger partial charge is 0.228 e. The largest absolute Gasteiger partial charge is 0.331 e. The minimum atomic E-state index is -0.114. The maximum Gasteiger partial charge on any atom is 0.228 e. The van der Waals surface area contributed by atoms with Crippen LogP contribution in [0.15, 0.2) is 48.9 Å². The van der Waals surface area contributed by atoms with Crippen molar-refractivity contribution in [1.82, 2.24) is 19.5 Å². The molecule has 0 spiro atoms. The van der Waals surface area contributed by atoms with Gasteiger partial charge in [0.15, 0.2) is 11.6 Å². The maximum absolute atomic E-state index is 12.5. The molecule has 0 fully saturated rings. The van der Waals surface area contributed by atoms with Crippen LogP contribution in [0, 0.1) is 6.92 Å². The number of aryl methyl sites for hydroxylation is 2. The van der Waals surface area contributed by atoms with Crippen molar-refractivity contribution in [2.45, 2.75) is 6.92 Å². The lowest BCUT2D eigenvalue weighted by Gasteiger charge is -2.05. The third kappa shape index (κ3) is 2.58. The summed E-state index contributed by atoms with van der Waals surface area (Å²) >= 11 is 0. The van der Waals surface area contributed by atoms with E-state index in [9.17, 15) is 4.79 Å². The Hall–Kier alpha value is -2.82. The van der Waals surface area contributed by atoms with Gasteiger partial charge in [-0.2, -0.15) is 0 Å². The molecule has 3 rings (SSSR count). The van der Waals surface area contributed by atoms with Gasteiger partial charge in [0.05, 0.1) is 0 Å². The molecule has 0 saturated heterocycles. The van der Waals surface area contributed by atoms with Gasteiger partial charge in [-0.15, -0.1) is 0 Å². The summed E-state index contributed by atoms with van der Waals surface area (Å²) < 4.78 is 1.71. The van der Waals surface area contributed by atoms with E-state index in [0.717, 1.165) is 11.3 Å². The highest BCUT2D eigenvalue weighted by Crippen LogP contribution is 2.18. The van der Waals surface area contributed by atoms with Gasteiger partial charge in [0.1, 0.15) is 0 Å². The first-order valence-electron chi connectivity index (χ1n) is 6.57. The number of benzene rings is 1. The standard InChI is InChI=1S/C16H14N4O/c1-11-6-7-17-15(19-11)13-5-3-4-12(10-13)14(21)16-18-8-9-20(16)2/h3-10H,1-2H3. The fraction of sp³-hybridized carbons (Fsp3) is 0.125. The number of hydrogen-bond donors (Lipinski definition) is 0. The summed E-state index contributed by atoms with van der Waals surface area (Å²) in [5, 5.41) is 0. The van der Waals surface area contributed by atoms with E-state index in [4.69, 9.17) is 0 Å². The van der Waals surface area contributed by atoms with Crippen molar-refractivity contribution in [2.24, 2.45) is 7.05 Å². The number of nitrogens with zero attached hydrogens (tertiary/aromatic N) is 4. The van der Waals surface area contributed by atoms with Gasteiger partial charge in [-0.25, -0.2) is 15.0 Å². The quantitative estimate of drug-likeness (QED) is 0.690. The summed E-state index contributed by atoms with van der Waals surface area (Å²) in [7, 11) is 1.80. The summed E-state index contributed by atoms with van der Waals surface area (Å²) in [4.78, 5) is 25.2. The molecule has 0 bridgehead atoms. The highest BCUT2D eigenvalue weighted by atomic mass is 16.1. The van der Waals surface area contributed by atoms with E-state index < -0.39 is 0 Å². The van der Waals surface area contributed by atoms with Crippen LogP contribution in [0.4, 0.5) is 0 Å². The van der Waals surface area contributed by atoms with Crippen molar-refractivity contribution in [3.63, 3.8) is 0 Å². The Kier molecular flexibility index (Phi) is 3.31. The van der Waals surface area contributed by atoms with E-state index >= 15 is 0 Å². The van der Waals surface area contributed by atoms with Crippen molar-refractivity contribution >= 4 is 5.78 Å². The zero-order valence-corrected chi connectivity index (χ0v) is 11.8. The monoisotopic (exact) mass is 278 g/mol. The van der Waals surface area contributed by atoms with Gasteiger partial charge in [0, 0.05) is 42.5 Å². The molecule has 2 aromatic heterocycles. The fourth-order valence-electron chi connectivity index (χ4n) is 2.10. The lowest BCUT2D eigenvalue weighted by Crippen LogP contribution is -2.08. The molecule has 0 aliphatic rings. The molecular weight excluding hydrogens is 264 g/mol. The van der Waals surface area contributed by atoms with Crippen LogP contribution in [0.1, 0.15) is 21.9 Å². The van der Waals surface area contributed by atoms with Crippen LogP contribution in [0.2, 0.25) is 0 Å². The lowest BCUT2D eigenvalue weighted by atomic mass is 10.1. The molecule has 5 heteroatoms. The predicted molar refractivity (Wildman–Crippen MR) is 78.8 cm³/mol. The molecule has 5 nitrogen and oxygen atoms in total. The van der Waals surface area contributed by atoms with Crippen LogP contribution in [0.3, 0.4) is 0 Å². The summed E-state index contributed by atoms with van der Waals surface area (Å²) in [5.41, 5.74) is 2.28. The van der Waals surface area contributed by atoms with Gasteiger partial charge < -0.3 is 4.57 Å². The molecule has 0 N–H and O–H groups in total. The summed E-state index contributed by atoms with van der Waals surface area (Å²) in [5.74, 6) is 0.916. The summed E-state index contributed by atoms with van der Waals surface area (Å²) in [6.07, 6.45) is 5.08. The average Bonchev–Trinajstić information content (AvgIpc) is 2.93. The Morgan fingerprint density at radius 1 is 1.14 bits per heavy atom. The van der Waals surface area contributed by atoms with Gasteiger partial charge in [-0.1, -0.05) is 18.2 Å². The van der Waals surface area contributed by atoms with Crippen LogP contribution in [0.5, 0.6) is 0 Å². The number of rotatable bonds is 3. The molecule has 21 heavy (non-hydrogen) atoms. The summed E-state index contributed by atoms with van der Waals surface area (Å²) in [6, 6.07) is 9.13. The predicted octanol–water partition coefficient (Wildman–Crippen LogP) is 2.42. The molecule has 1 aromatic carbocycles. The molecule has 0 saturated carbocycles. The molecule has 104 valence electrons. The number of ketones is 1. The van der Waals surface area contributed by atoms with Crippen LogP contribution in [0.25, 0.3) is 11.4 Å². The van der Waals surface area contributed by atoms with Crippen molar-refractivity contribution in [3.05, 3.63) is 66.0 Å². The molecular formula is C16H14N4O. The van der Waals surface area contributed by atoms with E-state index in [2.05, 4.69) is 15.0 Å². The first kappa shape index (κ1) is 13.2. The topological polar surface area (TPSA) is 60.7 Å². The SMILES string of the molecule is Cc1ccnc(-c2cccc(C(=O)c3nccn3C)c2)n1. The normalized spacial score (nSPS) is 10.6. The minimum Gasteiger partial charge on any atom is -0.331 e. The molecule has 3 aromatic rings. The molecule has 0 atom stereocenters. The molecule has 0 amide bonds. The maximum atomic E-state index is 12.5. The van der Waals surface area contributed by atoms with Gasteiger partial charge in [-0.05, 0) is 19.1 Å². The Labute approximate surface area is 122 Å². The van der Waals surface area contributed by atoms with E-state index in [-0.39, 0.29) is 5.78 Å². The average molecular weight is 278 g/mol. The van der Waals surface area contributed by atoms with Gasteiger partial charge in [-0.3, -0.25) is 4.79 Å². The van der Waals surface area contributed by atoms with Gasteiger partial charge >= 0.3 is 0 Å². The minimum absolute atomic E-state index is 0.114. The van der Waals surface area contributed by atoms with Crippen molar-refractivity contribution < 1.29 is 4.79 Å². The van der Waals surface area contributed by atoms with Gasteiger partial charge in [0.2, 0.25) is 5.78 Å². The van der Waals surface area contributed by atoms with E-state index in [1.165, 1.54) is 0 Å². The van der Waals surface area contributed by atoms with E-state index in [1.54, 1.807) is 42.3 Å². The Morgan fingerprint density at radius 2 is 2.00 bits per heavy atom. The summed E-state index contributed by atoms with van der Waals surface area (Å²) in [6.45, 7) is 1.91. The number of carbonyl (C=O) groups excluding carboxylic acids is 1. The van der Waals surface area contributed by atoms with Crippen molar-refractivity contribution in [2.75, 3.05) is 0 Å². The van der Waals surface area contributed by atoms with Crippen LogP contribution in [-0.2, 0) is 7.05 Å². The second kappa shape index (κ2) is 5.28.